The second-order valence-electron chi connectivity index (χ2n) is 3.52. The first-order valence-electron chi connectivity index (χ1n) is 4.67. The van der Waals surface area contributed by atoms with Crippen LogP contribution in [0, 0.1) is 5.41 Å². The number of rotatable bonds is 4. The zero-order valence-corrected chi connectivity index (χ0v) is 13.7. The van der Waals surface area contributed by atoms with Crippen molar-refractivity contribution in [3.05, 3.63) is 0 Å². The van der Waals surface area contributed by atoms with Gasteiger partial charge in [-0.3, -0.25) is 5.41 Å². The largest absolute Gasteiger partial charge is 0.441 e. The topological polar surface area (TPSA) is 60.8 Å². The molecule has 0 bridgehead atoms. The molecule has 12 heteroatoms. The Morgan fingerprint density at radius 3 is 2.37 bits per heavy atom. The normalized spacial score (nSPS) is 30.4. The molecule has 5 atom stereocenters. The molecule has 0 aromatic rings. The van der Waals surface area contributed by atoms with Gasteiger partial charge in [0.1, 0.15) is 6.10 Å². The van der Waals surface area contributed by atoms with Gasteiger partial charge >= 0.3 is 5.92 Å². The maximum absolute atomic E-state index is 13.9. The molecule has 1 heterocycles. The van der Waals surface area contributed by atoms with Crippen molar-refractivity contribution in [3.63, 3.8) is 0 Å². The van der Waals surface area contributed by atoms with Gasteiger partial charge in [-0.25, -0.2) is 0 Å². The van der Waals surface area contributed by atoms with Crippen LogP contribution in [0.3, 0.4) is 0 Å². The van der Waals surface area contributed by atoms with Gasteiger partial charge in [-0.2, -0.15) is 8.78 Å². The average Bonchev–Trinajstić information content (AvgIpc) is 2.49. The first-order chi connectivity index (χ1) is 8.64. The Labute approximate surface area is 127 Å². The Kier molecular flexibility index (Phi) is 6.44. The highest BCUT2D eigenvalue weighted by atomic mass is 35.6. The van der Waals surface area contributed by atoms with E-state index in [1.807, 2.05) is 9.47 Å². The molecule has 5 unspecified atom stereocenters. The lowest BCUT2D eigenvalue weighted by Gasteiger charge is -2.23. The molecular formula is C7H10Cl3F2NO4P2. The second kappa shape index (κ2) is 6.80. The van der Waals surface area contributed by atoms with Crippen molar-refractivity contribution < 1.29 is 27.3 Å². The molecule has 0 aliphatic carbocycles. The molecule has 0 aromatic carbocycles. The Balaban J connectivity index is 2.82. The number of ether oxygens (including phenoxy) is 2. The average molecular weight is 378 g/mol. The zero-order chi connectivity index (χ0) is 14.8. The molecule has 1 aliphatic rings. The van der Waals surface area contributed by atoms with Gasteiger partial charge in [-0.05, 0) is 0 Å². The Morgan fingerprint density at radius 2 is 1.95 bits per heavy atom. The van der Waals surface area contributed by atoms with Gasteiger partial charge in [-0.15, -0.1) is 0 Å². The molecule has 1 fully saturated rings. The summed E-state index contributed by atoms with van der Waals surface area (Å²) in [6, 6.07) is 0. The van der Waals surface area contributed by atoms with E-state index in [0.717, 1.165) is 0 Å². The van der Waals surface area contributed by atoms with E-state index < -0.39 is 34.1 Å². The van der Waals surface area contributed by atoms with Gasteiger partial charge in [0.15, 0.2) is 6.10 Å². The molecule has 0 amide bonds. The summed E-state index contributed by atoms with van der Waals surface area (Å²) in [5.74, 6) is -4.52. The van der Waals surface area contributed by atoms with E-state index in [-0.39, 0.29) is 6.61 Å². The van der Waals surface area contributed by atoms with Crippen LogP contribution in [0.5, 0.6) is 0 Å². The van der Waals surface area contributed by atoms with Crippen LogP contribution < -0.4 is 0 Å². The molecule has 0 spiro atoms. The zero-order valence-electron chi connectivity index (χ0n) is 9.12. The molecule has 5 nitrogen and oxygen atoms in total. The van der Waals surface area contributed by atoms with Gasteiger partial charge in [0.25, 0.3) is 10.1 Å². The highest BCUT2D eigenvalue weighted by Gasteiger charge is 2.62. The van der Waals surface area contributed by atoms with E-state index in [0.29, 0.717) is 0 Å². The third-order valence-corrected chi connectivity index (χ3v) is 3.22. The Hall–Kier alpha value is 0.940. The fourth-order valence-corrected chi connectivity index (χ4v) is 2.06. The monoisotopic (exact) mass is 377 g/mol. The van der Waals surface area contributed by atoms with Crippen molar-refractivity contribution >= 4 is 59.6 Å². The minimum Gasteiger partial charge on any atom is -0.441 e. The van der Waals surface area contributed by atoms with Gasteiger partial charge < -0.3 is 18.5 Å². The highest BCUT2D eigenvalue weighted by molar-refractivity contribution is 7.10. The van der Waals surface area contributed by atoms with E-state index in [2.05, 4.69) is 13.8 Å². The van der Waals surface area contributed by atoms with Crippen molar-refractivity contribution in [2.45, 2.75) is 28.2 Å². The lowest BCUT2D eigenvalue weighted by Crippen LogP contribution is -2.43. The van der Waals surface area contributed by atoms with E-state index in [1.54, 1.807) is 9.47 Å². The fraction of sp³-hybridized carbons (Fsp3) is 0.857. The molecule has 19 heavy (non-hydrogen) atoms. The van der Waals surface area contributed by atoms with Crippen molar-refractivity contribution in [2.24, 2.45) is 0 Å². The lowest BCUT2D eigenvalue weighted by atomic mass is 10.1. The smallest absolute Gasteiger partial charge is 0.337 e. The molecule has 1 N–H and O–H groups in total. The van der Waals surface area contributed by atoms with Gasteiger partial charge in [0.2, 0.25) is 5.90 Å². The third-order valence-electron chi connectivity index (χ3n) is 2.22. The first-order valence-corrected chi connectivity index (χ1v) is 6.75. The first kappa shape index (κ1) is 18.0. The Morgan fingerprint density at radius 1 is 1.37 bits per heavy atom. The summed E-state index contributed by atoms with van der Waals surface area (Å²) >= 11 is 16.0. The maximum atomic E-state index is 13.9. The van der Waals surface area contributed by atoms with Crippen LogP contribution in [0.4, 0.5) is 8.78 Å². The van der Waals surface area contributed by atoms with Crippen LogP contribution in [-0.4, -0.2) is 40.7 Å². The number of hydrogen-bond donors (Lipinski definition) is 1. The van der Waals surface area contributed by atoms with E-state index >= 15 is 0 Å². The minimum atomic E-state index is -3.54. The number of alkyl halides is 5. The van der Waals surface area contributed by atoms with Gasteiger partial charge in [0, 0.05) is 18.9 Å². The van der Waals surface area contributed by atoms with E-state index in [9.17, 15) is 8.78 Å². The summed E-state index contributed by atoms with van der Waals surface area (Å²) in [4.78, 5) is 0. The van der Waals surface area contributed by atoms with Crippen LogP contribution in [0.1, 0.15) is 0 Å². The van der Waals surface area contributed by atoms with Gasteiger partial charge in [0.05, 0.1) is 6.61 Å². The predicted octanol–water partition coefficient (Wildman–Crippen LogP) is 2.69. The van der Waals surface area contributed by atoms with Crippen LogP contribution in [0.25, 0.3) is 0 Å². The van der Waals surface area contributed by atoms with Crippen LogP contribution in [-0.2, 0) is 18.5 Å². The third kappa shape index (κ3) is 4.21. The molecule has 0 aromatic heterocycles. The van der Waals surface area contributed by atoms with Crippen molar-refractivity contribution in [1.82, 2.24) is 0 Å². The fourth-order valence-electron chi connectivity index (χ4n) is 1.38. The molecule has 112 valence electrons. The molecule has 1 aliphatic heterocycles. The van der Waals surface area contributed by atoms with E-state index in [4.69, 9.17) is 44.9 Å². The highest BCUT2D eigenvalue weighted by Crippen LogP contribution is 2.41. The summed E-state index contributed by atoms with van der Waals surface area (Å²) in [5.41, 5.74) is 0. The predicted molar refractivity (Wildman–Crippen MR) is 73.0 cm³/mol. The quantitative estimate of drug-likeness (QED) is 0.354. The van der Waals surface area contributed by atoms with E-state index in [1.165, 1.54) is 0 Å². The standard InChI is InChI=1S/C7H10Cl3F2NO4P2/c8-7(9,10)4(13)16-5-6(11,12)3(17-19)2(15-5)1-14-18/h2-3,5,13H,1,18-19H2. The summed E-state index contributed by atoms with van der Waals surface area (Å²) in [6.07, 6.45) is -4.84. The molecule has 1 saturated heterocycles. The van der Waals surface area contributed by atoms with Crippen LogP contribution in [0.2, 0.25) is 0 Å². The second-order valence-corrected chi connectivity index (χ2v) is 6.40. The van der Waals surface area contributed by atoms with Crippen molar-refractivity contribution in [3.8, 4) is 0 Å². The number of halogens is 5. The number of nitrogens with one attached hydrogen (secondary N) is 1. The lowest BCUT2D eigenvalue weighted by molar-refractivity contribution is -0.188. The van der Waals surface area contributed by atoms with Gasteiger partial charge in [-0.1, -0.05) is 34.8 Å². The van der Waals surface area contributed by atoms with Crippen LogP contribution in [0.15, 0.2) is 0 Å². The SMILES string of the molecule is N=C(OC1OC(COP)C(OP)C1(F)F)C(Cl)(Cl)Cl. The molecule has 1 rings (SSSR count). The molecular weight excluding hydrogens is 368 g/mol. The minimum absolute atomic E-state index is 0.180. The summed E-state index contributed by atoms with van der Waals surface area (Å²) in [6.45, 7) is -0.180. The van der Waals surface area contributed by atoms with Crippen molar-refractivity contribution in [2.75, 3.05) is 6.61 Å². The van der Waals surface area contributed by atoms with Crippen molar-refractivity contribution in [1.29, 1.82) is 5.41 Å². The summed E-state index contributed by atoms with van der Waals surface area (Å²) in [5, 5.41) is 7.26. The van der Waals surface area contributed by atoms with Crippen LogP contribution >= 0.6 is 53.7 Å². The summed E-state index contributed by atoms with van der Waals surface area (Å²) in [7, 11) is 3.61. The number of hydrogen-bond acceptors (Lipinski definition) is 5. The maximum Gasteiger partial charge on any atom is 0.337 e. The molecule has 0 radical (unpaired) electrons. The molecule has 0 saturated carbocycles. The summed E-state index contributed by atoms with van der Waals surface area (Å²) < 4.78 is 44.3. The Bertz CT molecular complexity index is 347.